The highest BCUT2D eigenvalue weighted by atomic mass is 32.2. The molecule has 0 aromatic carbocycles. The molecule has 8 nitrogen and oxygen atoms in total. The number of carbonyl (C=O) groups is 3. The van der Waals surface area contributed by atoms with Crippen molar-refractivity contribution in [3.05, 3.63) is 44.6 Å². The number of carbonyl (C=O) groups excluding carboxylic acids is 2. The highest BCUT2D eigenvalue weighted by Gasteiger charge is 2.69. The van der Waals surface area contributed by atoms with Gasteiger partial charge in [-0.25, -0.2) is 0 Å². The molecular weight excluding hydrogens is 426 g/mol. The molecule has 2 amide bonds. The van der Waals surface area contributed by atoms with Crippen LogP contribution in [-0.4, -0.2) is 49.6 Å². The number of nitrogens with one attached hydrogen (secondary N) is 1. The molecule has 4 aliphatic rings. The first-order valence-corrected chi connectivity index (χ1v) is 11.5. The van der Waals surface area contributed by atoms with Crippen molar-refractivity contribution in [2.75, 3.05) is 6.54 Å². The van der Waals surface area contributed by atoms with Gasteiger partial charge < -0.3 is 10.1 Å². The number of likely N-dealkylation sites (tertiary alicyclic amines) is 1. The Kier molecular flexibility index (Phi) is 3.83. The maximum atomic E-state index is 13.1. The van der Waals surface area contributed by atoms with Gasteiger partial charge in [-0.15, -0.1) is 11.8 Å². The van der Waals surface area contributed by atoms with E-state index in [1.165, 1.54) is 11.3 Å². The predicted octanol–water partition coefficient (Wildman–Crippen LogP) is 1.39. The lowest BCUT2D eigenvalue weighted by Crippen LogP contribution is -2.42. The van der Waals surface area contributed by atoms with E-state index in [0.717, 1.165) is 26.8 Å². The Hall–Kier alpha value is -2.46. The average Bonchev–Trinajstić information content (AvgIpc) is 3.44. The molecule has 7 atom stereocenters. The molecule has 6 rings (SSSR count). The topological polar surface area (TPSA) is 120 Å². The zero-order valence-electron chi connectivity index (χ0n) is 15.6. The van der Waals surface area contributed by atoms with Crippen molar-refractivity contribution >= 4 is 40.9 Å². The number of carboxylic acids is 1. The van der Waals surface area contributed by atoms with Gasteiger partial charge >= 0.3 is 10.8 Å². The summed E-state index contributed by atoms with van der Waals surface area (Å²) >= 11 is 2.82. The van der Waals surface area contributed by atoms with Crippen LogP contribution in [-0.2, 0) is 14.4 Å². The number of imide groups is 1. The molecule has 0 radical (unpaired) electrons. The summed E-state index contributed by atoms with van der Waals surface area (Å²) in [6.45, 7) is -0.570. The molecule has 3 fully saturated rings. The summed E-state index contributed by atoms with van der Waals surface area (Å²) in [7, 11) is 0. The second kappa shape index (κ2) is 6.27. The molecule has 2 aromatic heterocycles. The molecule has 1 saturated heterocycles. The smallest absolute Gasteiger partial charge is 0.323 e. The minimum absolute atomic E-state index is 0.000897. The summed E-state index contributed by atoms with van der Waals surface area (Å²) in [4.78, 5) is 58.4. The molecule has 0 unspecified atom stereocenters. The number of carboxylic acid groups (broad SMARTS) is 1. The fourth-order valence-corrected chi connectivity index (χ4v) is 9.19. The Morgan fingerprint density at radius 3 is 2.70 bits per heavy atom. The number of nitrogens with zero attached hydrogens (tertiary/aromatic N) is 2. The van der Waals surface area contributed by atoms with Crippen LogP contribution in [0.4, 0.5) is 0 Å². The fraction of sp³-hybridized carbons (Fsp3) is 0.450. The zero-order valence-corrected chi connectivity index (χ0v) is 17.2. The third-order valence-corrected chi connectivity index (χ3v) is 9.74. The lowest BCUT2D eigenvalue weighted by molar-refractivity contribution is -0.149. The first-order valence-electron chi connectivity index (χ1n) is 9.82. The van der Waals surface area contributed by atoms with Crippen molar-refractivity contribution in [2.45, 2.75) is 22.6 Å². The van der Waals surface area contributed by atoms with Crippen LogP contribution in [0.3, 0.4) is 0 Å². The number of aromatic amines is 1. The summed E-state index contributed by atoms with van der Waals surface area (Å²) < 4.78 is 0. The molecule has 2 aliphatic carbocycles. The largest absolute Gasteiger partial charge is 0.480 e. The van der Waals surface area contributed by atoms with Crippen LogP contribution in [0.15, 0.2) is 34.3 Å². The number of aliphatic carboxylic acids is 1. The lowest BCUT2D eigenvalue weighted by atomic mass is 9.68. The highest BCUT2D eigenvalue weighted by Crippen LogP contribution is 2.68. The van der Waals surface area contributed by atoms with E-state index in [2.05, 4.69) is 9.97 Å². The van der Waals surface area contributed by atoms with E-state index < -0.39 is 24.3 Å². The second-order valence-electron chi connectivity index (χ2n) is 8.40. The van der Waals surface area contributed by atoms with Crippen molar-refractivity contribution in [1.29, 1.82) is 0 Å². The van der Waals surface area contributed by atoms with Crippen LogP contribution in [0.25, 0.3) is 0 Å². The number of rotatable bonds is 3. The summed E-state index contributed by atoms with van der Waals surface area (Å²) in [5.74, 6) is -2.74. The van der Waals surface area contributed by atoms with Gasteiger partial charge in [0.2, 0.25) is 11.8 Å². The summed E-state index contributed by atoms with van der Waals surface area (Å²) in [5, 5.41) is 10.1. The SMILES string of the molecule is O=C(O)CN1C(=O)[C@@H]2[C@H]3C[C@@H]([C@H]4Sc5[nH]c(=O)sc5[C@@H](c5cccnc5)[C@@H]34)[C@H]2C1=O. The minimum atomic E-state index is -1.18. The molecular formula is C20H17N3O5S2. The van der Waals surface area contributed by atoms with Gasteiger partial charge in [0.25, 0.3) is 0 Å². The van der Waals surface area contributed by atoms with Crippen LogP contribution in [0.2, 0.25) is 0 Å². The Morgan fingerprint density at radius 2 is 2.00 bits per heavy atom. The molecule has 2 aromatic rings. The van der Waals surface area contributed by atoms with Crippen molar-refractivity contribution in [2.24, 2.45) is 29.6 Å². The number of thiazole rings is 1. The molecule has 10 heteroatoms. The number of amides is 2. The van der Waals surface area contributed by atoms with Crippen LogP contribution in [0.1, 0.15) is 22.8 Å². The summed E-state index contributed by atoms with van der Waals surface area (Å²) in [6, 6.07) is 3.87. The average molecular weight is 444 g/mol. The van der Waals surface area contributed by atoms with E-state index in [4.69, 9.17) is 5.11 Å². The standard InChI is InChI=1S/C20H17N3O5S2/c24-10(25)6-23-18(26)13-8-4-9(14(13)19(23)27)15-12(8)11(7-2-1-3-21-5-7)16-17(29-15)22-20(28)30-16/h1-3,5,8-9,11-15H,4,6H2,(H,22,28)(H,24,25)/t8-,9+,11-,12+,13+,14+,15+/m0/s1. The first-order chi connectivity index (χ1) is 14.5. The molecule has 30 heavy (non-hydrogen) atoms. The van der Waals surface area contributed by atoms with Gasteiger partial charge in [-0.05, 0) is 35.8 Å². The van der Waals surface area contributed by atoms with E-state index in [0.29, 0.717) is 0 Å². The number of fused-ring (bicyclic) bond motifs is 9. The van der Waals surface area contributed by atoms with Crippen LogP contribution < -0.4 is 4.87 Å². The molecule has 154 valence electrons. The van der Waals surface area contributed by atoms with E-state index in [9.17, 15) is 19.2 Å². The molecule has 2 N–H and O–H groups in total. The van der Waals surface area contributed by atoms with E-state index >= 15 is 0 Å². The van der Waals surface area contributed by atoms with Crippen molar-refractivity contribution in [3.8, 4) is 0 Å². The Bertz CT molecular complexity index is 1140. The van der Waals surface area contributed by atoms with E-state index in [1.54, 1.807) is 18.0 Å². The second-order valence-corrected chi connectivity index (χ2v) is 10.6. The number of H-pyrrole nitrogens is 1. The van der Waals surface area contributed by atoms with Gasteiger partial charge in [0.15, 0.2) is 0 Å². The van der Waals surface area contributed by atoms with E-state index in [1.807, 2.05) is 18.3 Å². The zero-order chi connectivity index (χ0) is 20.7. The van der Waals surface area contributed by atoms with Gasteiger partial charge in [0.1, 0.15) is 6.54 Å². The third kappa shape index (κ3) is 2.31. The van der Waals surface area contributed by atoms with Crippen LogP contribution in [0.5, 0.6) is 0 Å². The fourth-order valence-electron chi connectivity index (χ4n) is 6.30. The quantitative estimate of drug-likeness (QED) is 0.688. The van der Waals surface area contributed by atoms with Gasteiger partial charge in [0.05, 0.1) is 16.9 Å². The number of hydrogen-bond donors (Lipinski definition) is 2. The van der Waals surface area contributed by atoms with Crippen molar-refractivity contribution in [3.63, 3.8) is 0 Å². The summed E-state index contributed by atoms with van der Waals surface area (Å²) in [6.07, 6.45) is 4.30. The minimum Gasteiger partial charge on any atom is -0.480 e. The number of aromatic nitrogens is 2. The lowest BCUT2D eigenvalue weighted by Gasteiger charge is -2.42. The highest BCUT2D eigenvalue weighted by molar-refractivity contribution is 8.00. The van der Waals surface area contributed by atoms with Gasteiger partial charge in [-0.2, -0.15) is 0 Å². The van der Waals surface area contributed by atoms with Gasteiger partial charge in [-0.1, -0.05) is 17.4 Å². The van der Waals surface area contributed by atoms with Crippen LogP contribution >= 0.6 is 23.1 Å². The van der Waals surface area contributed by atoms with Crippen molar-refractivity contribution in [1.82, 2.24) is 14.9 Å². The first kappa shape index (κ1) is 18.3. The van der Waals surface area contributed by atoms with Gasteiger partial charge in [-0.3, -0.25) is 29.1 Å². The Morgan fingerprint density at radius 1 is 1.23 bits per heavy atom. The monoisotopic (exact) mass is 443 g/mol. The summed E-state index contributed by atoms with van der Waals surface area (Å²) in [5.41, 5.74) is 1.01. The molecule has 2 aliphatic heterocycles. The predicted molar refractivity (Wildman–Crippen MR) is 107 cm³/mol. The van der Waals surface area contributed by atoms with Crippen LogP contribution in [0, 0.1) is 29.6 Å². The molecule has 0 spiro atoms. The Labute approximate surface area is 178 Å². The number of thioether (sulfide) groups is 1. The normalized spacial score (nSPS) is 36.0. The Balaban J connectivity index is 1.45. The molecule has 2 saturated carbocycles. The molecule has 4 heterocycles. The third-order valence-electron chi connectivity index (χ3n) is 7.15. The van der Waals surface area contributed by atoms with E-state index in [-0.39, 0.29) is 45.6 Å². The number of pyridine rings is 1. The van der Waals surface area contributed by atoms with Gasteiger partial charge in [0, 0.05) is 28.4 Å². The molecule has 2 bridgehead atoms. The number of hydrogen-bond acceptors (Lipinski definition) is 7. The van der Waals surface area contributed by atoms with Crippen molar-refractivity contribution < 1.29 is 19.5 Å². The maximum Gasteiger partial charge on any atom is 0.323 e. The maximum absolute atomic E-state index is 13.1.